The Kier molecular flexibility index (Phi) is 6.47. The number of carbonyl (C=O) groups excluding carboxylic acids is 1. The van der Waals surface area contributed by atoms with Crippen LogP contribution in [-0.2, 0) is 9.53 Å². The Morgan fingerprint density at radius 3 is 2.08 bits per heavy atom. The molecule has 0 radical (unpaired) electrons. The summed E-state index contributed by atoms with van der Waals surface area (Å²) in [4.78, 5) is 21.1. The highest BCUT2D eigenvalue weighted by Gasteiger charge is 2.02. The van der Waals surface area contributed by atoms with Gasteiger partial charge in [0.15, 0.2) is 0 Å². The summed E-state index contributed by atoms with van der Waals surface area (Å²) in [6.45, 7) is 3.73. The Balaban J connectivity index is 1.86. The molecule has 25 heavy (non-hydrogen) atoms. The molecule has 0 aromatic heterocycles. The van der Waals surface area contributed by atoms with Gasteiger partial charge < -0.3 is 9.47 Å². The highest BCUT2D eigenvalue weighted by Crippen LogP contribution is 2.16. The molecule has 0 spiro atoms. The average molecular weight is 339 g/mol. The fourth-order valence-electron chi connectivity index (χ4n) is 1.94. The van der Waals surface area contributed by atoms with Crippen LogP contribution in [0, 0.1) is 10.1 Å². The maximum Gasteiger partial charge on any atom is 0.330 e. The molecule has 0 bridgehead atoms. The van der Waals surface area contributed by atoms with Gasteiger partial charge in [-0.2, -0.15) is 0 Å². The zero-order valence-corrected chi connectivity index (χ0v) is 13.5. The maximum absolute atomic E-state index is 10.9. The molecule has 0 aliphatic heterocycles. The first-order chi connectivity index (χ1) is 12.1. The number of hydrogen-bond acceptors (Lipinski definition) is 5. The Hall–Kier alpha value is -3.41. The summed E-state index contributed by atoms with van der Waals surface area (Å²) >= 11 is 0. The number of nitro benzene ring substituents is 1. The predicted octanol–water partition coefficient (Wildman–Crippen LogP) is 3.87. The molecule has 2 aromatic rings. The molecule has 2 rings (SSSR count). The van der Waals surface area contributed by atoms with Crippen LogP contribution in [0.15, 0.2) is 61.2 Å². The number of ether oxygens (including phenoxy) is 2. The SMILES string of the molecule is C=CC(=O)OCCOc1ccc(/C=C/c2ccc([N+](=O)[O-])cc2)cc1. The molecular formula is C19H17NO5. The third kappa shape index (κ3) is 5.95. The quantitative estimate of drug-likeness (QED) is 0.182. The average Bonchev–Trinajstić information content (AvgIpc) is 2.64. The molecule has 0 aliphatic carbocycles. The number of hydrogen-bond donors (Lipinski definition) is 0. The largest absolute Gasteiger partial charge is 0.490 e. The van der Waals surface area contributed by atoms with E-state index >= 15 is 0 Å². The van der Waals surface area contributed by atoms with E-state index in [1.807, 2.05) is 36.4 Å². The van der Waals surface area contributed by atoms with Gasteiger partial charge in [0.1, 0.15) is 19.0 Å². The van der Waals surface area contributed by atoms with Crippen molar-refractivity contribution >= 4 is 23.8 Å². The lowest BCUT2D eigenvalue weighted by Crippen LogP contribution is -2.10. The molecular weight excluding hydrogens is 322 g/mol. The van der Waals surface area contributed by atoms with E-state index in [4.69, 9.17) is 9.47 Å². The molecule has 0 unspecified atom stereocenters. The Morgan fingerprint density at radius 2 is 1.56 bits per heavy atom. The van der Waals surface area contributed by atoms with Crippen LogP contribution in [0.5, 0.6) is 5.75 Å². The van der Waals surface area contributed by atoms with Crippen LogP contribution < -0.4 is 4.74 Å². The standard InChI is InChI=1S/C19H17NO5/c1-2-19(21)25-14-13-24-18-11-7-16(8-12-18)4-3-15-5-9-17(10-6-15)20(22)23/h2-12H,1,13-14H2/b4-3+. The van der Waals surface area contributed by atoms with E-state index in [1.54, 1.807) is 12.1 Å². The maximum atomic E-state index is 10.9. The van der Waals surface area contributed by atoms with E-state index in [-0.39, 0.29) is 18.9 Å². The molecule has 0 heterocycles. The summed E-state index contributed by atoms with van der Waals surface area (Å²) in [6.07, 6.45) is 4.87. The second kappa shape index (κ2) is 9.02. The van der Waals surface area contributed by atoms with Crippen molar-refractivity contribution in [2.75, 3.05) is 13.2 Å². The fourth-order valence-corrected chi connectivity index (χ4v) is 1.94. The van der Waals surface area contributed by atoms with E-state index in [1.165, 1.54) is 12.1 Å². The van der Waals surface area contributed by atoms with Crippen LogP contribution in [0.3, 0.4) is 0 Å². The minimum atomic E-state index is -0.477. The third-order valence-corrected chi connectivity index (χ3v) is 3.22. The van der Waals surface area contributed by atoms with Crippen molar-refractivity contribution in [1.29, 1.82) is 0 Å². The highest BCUT2D eigenvalue weighted by atomic mass is 16.6. The van der Waals surface area contributed by atoms with Crippen molar-refractivity contribution in [3.05, 3.63) is 82.4 Å². The second-order valence-electron chi connectivity index (χ2n) is 4.97. The highest BCUT2D eigenvalue weighted by molar-refractivity contribution is 5.81. The van der Waals surface area contributed by atoms with Gasteiger partial charge in [0.05, 0.1) is 4.92 Å². The first kappa shape index (κ1) is 17.9. The molecule has 0 amide bonds. The molecule has 2 aromatic carbocycles. The molecule has 128 valence electrons. The lowest BCUT2D eigenvalue weighted by Gasteiger charge is -2.06. The van der Waals surface area contributed by atoms with Gasteiger partial charge >= 0.3 is 5.97 Å². The van der Waals surface area contributed by atoms with E-state index in [9.17, 15) is 14.9 Å². The van der Waals surface area contributed by atoms with Crippen molar-refractivity contribution in [2.24, 2.45) is 0 Å². The summed E-state index contributed by atoms with van der Waals surface area (Å²) in [6, 6.07) is 13.7. The Labute approximate surface area is 145 Å². The summed E-state index contributed by atoms with van der Waals surface area (Å²) in [5.41, 5.74) is 1.90. The number of non-ortho nitro benzene ring substituents is 1. The van der Waals surface area contributed by atoms with Gasteiger partial charge in [0.2, 0.25) is 0 Å². The van der Waals surface area contributed by atoms with Crippen LogP contribution in [-0.4, -0.2) is 24.1 Å². The lowest BCUT2D eigenvalue weighted by atomic mass is 10.1. The Morgan fingerprint density at radius 1 is 1.00 bits per heavy atom. The summed E-state index contributed by atoms with van der Waals surface area (Å²) < 4.78 is 10.3. The fraction of sp³-hybridized carbons (Fsp3) is 0.105. The normalized spacial score (nSPS) is 10.4. The lowest BCUT2D eigenvalue weighted by molar-refractivity contribution is -0.384. The van der Waals surface area contributed by atoms with E-state index in [0.717, 1.165) is 17.2 Å². The van der Waals surface area contributed by atoms with Crippen LogP contribution >= 0.6 is 0 Å². The van der Waals surface area contributed by atoms with Crippen molar-refractivity contribution in [3.8, 4) is 5.75 Å². The van der Waals surface area contributed by atoms with Crippen molar-refractivity contribution < 1.29 is 19.2 Å². The first-order valence-electron chi connectivity index (χ1n) is 7.53. The smallest absolute Gasteiger partial charge is 0.330 e. The zero-order valence-electron chi connectivity index (χ0n) is 13.5. The molecule has 0 aliphatic rings. The van der Waals surface area contributed by atoms with Crippen LogP contribution in [0.25, 0.3) is 12.2 Å². The second-order valence-corrected chi connectivity index (χ2v) is 4.97. The number of nitro groups is 1. The number of carbonyl (C=O) groups is 1. The van der Waals surface area contributed by atoms with Crippen LogP contribution in [0.1, 0.15) is 11.1 Å². The zero-order chi connectivity index (χ0) is 18.1. The number of benzene rings is 2. The van der Waals surface area contributed by atoms with Crippen LogP contribution in [0.4, 0.5) is 5.69 Å². The minimum Gasteiger partial charge on any atom is -0.490 e. The minimum absolute atomic E-state index is 0.0671. The topological polar surface area (TPSA) is 78.7 Å². The first-order valence-corrected chi connectivity index (χ1v) is 7.53. The van der Waals surface area contributed by atoms with Gasteiger partial charge in [-0.1, -0.05) is 30.9 Å². The van der Waals surface area contributed by atoms with Gasteiger partial charge in [0.25, 0.3) is 5.69 Å². The third-order valence-electron chi connectivity index (χ3n) is 3.22. The molecule has 0 atom stereocenters. The number of nitrogens with zero attached hydrogens (tertiary/aromatic N) is 1. The van der Waals surface area contributed by atoms with Crippen LogP contribution in [0.2, 0.25) is 0 Å². The van der Waals surface area contributed by atoms with Gasteiger partial charge in [0, 0.05) is 18.2 Å². The molecule has 0 fully saturated rings. The predicted molar refractivity (Wildman–Crippen MR) is 95.1 cm³/mol. The van der Waals surface area contributed by atoms with E-state index < -0.39 is 10.9 Å². The number of esters is 1. The van der Waals surface area contributed by atoms with Crippen molar-refractivity contribution in [2.45, 2.75) is 0 Å². The monoisotopic (exact) mass is 339 g/mol. The molecule has 0 saturated carbocycles. The van der Waals surface area contributed by atoms with Gasteiger partial charge in [-0.15, -0.1) is 0 Å². The van der Waals surface area contributed by atoms with Gasteiger partial charge in [-0.3, -0.25) is 10.1 Å². The van der Waals surface area contributed by atoms with Crippen molar-refractivity contribution in [1.82, 2.24) is 0 Å². The Bertz CT molecular complexity index is 763. The number of rotatable bonds is 8. The van der Waals surface area contributed by atoms with E-state index in [0.29, 0.717) is 5.75 Å². The summed E-state index contributed by atoms with van der Waals surface area (Å²) in [7, 11) is 0. The van der Waals surface area contributed by atoms with Gasteiger partial charge in [-0.05, 0) is 35.4 Å². The summed E-state index contributed by atoms with van der Waals surface area (Å²) in [5, 5.41) is 10.6. The summed E-state index contributed by atoms with van der Waals surface area (Å²) in [5.74, 6) is 0.192. The van der Waals surface area contributed by atoms with Gasteiger partial charge in [-0.25, -0.2) is 4.79 Å². The van der Waals surface area contributed by atoms with E-state index in [2.05, 4.69) is 6.58 Å². The van der Waals surface area contributed by atoms with Crippen molar-refractivity contribution in [3.63, 3.8) is 0 Å². The molecule has 0 N–H and O–H groups in total. The molecule has 6 heteroatoms. The molecule has 0 saturated heterocycles. The molecule has 6 nitrogen and oxygen atoms in total.